The third-order valence-corrected chi connectivity index (χ3v) is 2.40. The number of amides is 1. The molecule has 0 radical (unpaired) electrons. The van der Waals surface area contributed by atoms with Crippen LogP contribution in [0.3, 0.4) is 0 Å². The van der Waals surface area contributed by atoms with E-state index in [1.54, 1.807) is 13.8 Å². The second kappa shape index (κ2) is 5.64. The predicted molar refractivity (Wildman–Crippen MR) is 67.5 cm³/mol. The number of carbonyl (C=O) groups excluding carboxylic acids is 1. The normalized spacial score (nSPS) is 10.4. The molecule has 2 rings (SSSR count). The Hall–Kier alpha value is -2.51. The number of nitrogens with zero attached hydrogens (tertiary/aromatic N) is 2. The average Bonchev–Trinajstić information content (AvgIpc) is 2.79. The van der Waals surface area contributed by atoms with Gasteiger partial charge in [0.05, 0.1) is 0 Å². The molecule has 1 aromatic heterocycles. The summed E-state index contributed by atoms with van der Waals surface area (Å²) in [5, 5.41) is 11.9. The van der Waals surface area contributed by atoms with Crippen LogP contribution < -0.4 is 10.6 Å². The molecule has 0 unspecified atom stereocenters. The number of carbonyl (C=O) groups is 1. The van der Waals surface area contributed by atoms with E-state index >= 15 is 0 Å². The predicted octanol–water partition coefficient (Wildman–Crippen LogP) is 2.34. The van der Waals surface area contributed by atoms with Gasteiger partial charge in [0, 0.05) is 19.0 Å². The smallest absolute Gasteiger partial charge is 0.322 e. The van der Waals surface area contributed by atoms with Crippen LogP contribution in [-0.4, -0.2) is 22.6 Å². The lowest BCUT2D eigenvalue weighted by atomic mass is 10.1. The number of hydrogen-bond donors (Lipinski definition) is 2. The summed E-state index contributed by atoms with van der Waals surface area (Å²) in [7, 11) is 0. The maximum absolute atomic E-state index is 13.7. The number of aryl methyl sites for hydroxylation is 1. The minimum Gasteiger partial charge on any atom is -0.408 e. The lowest BCUT2D eigenvalue weighted by Crippen LogP contribution is -2.14. The van der Waals surface area contributed by atoms with Gasteiger partial charge < -0.3 is 9.73 Å². The lowest BCUT2D eigenvalue weighted by molar-refractivity contribution is 0.102. The fourth-order valence-corrected chi connectivity index (χ4v) is 1.57. The van der Waals surface area contributed by atoms with Crippen molar-refractivity contribution in [3.8, 4) is 0 Å². The first-order chi connectivity index (χ1) is 9.51. The zero-order valence-electron chi connectivity index (χ0n) is 10.8. The monoisotopic (exact) mass is 282 g/mol. The molecule has 0 aliphatic heterocycles. The first kappa shape index (κ1) is 13.9. The van der Waals surface area contributed by atoms with Crippen LogP contribution in [0.15, 0.2) is 16.5 Å². The molecule has 0 saturated carbocycles. The number of nitrogens with one attached hydrogen (secondary N) is 2. The second-order valence-corrected chi connectivity index (χ2v) is 3.93. The molecule has 6 nitrogen and oxygen atoms in total. The quantitative estimate of drug-likeness (QED) is 0.899. The van der Waals surface area contributed by atoms with Crippen molar-refractivity contribution in [2.45, 2.75) is 13.8 Å². The van der Waals surface area contributed by atoms with Crippen LogP contribution in [0.5, 0.6) is 0 Å². The molecular formula is C12H12F2N4O2. The van der Waals surface area contributed by atoms with Crippen molar-refractivity contribution in [1.29, 1.82) is 0 Å². The minimum absolute atomic E-state index is 0.135. The number of aromatic nitrogens is 2. The highest BCUT2D eigenvalue weighted by molar-refractivity contribution is 6.03. The number of halogens is 2. The summed E-state index contributed by atoms with van der Waals surface area (Å²) in [4.78, 5) is 11.8. The van der Waals surface area contributed by atoms with E-state index in [1.807, 2.05) is 0 Å². The van der Waals surface area contributed by atoms with Crippen LogP contribution >= 0.6 is 0 Å². The van der Waals surface area contributed by atoms with Gasteiger partial charge in [-0.15, -0.1) is 5.10 Å². The van der Waals surface area contributed by atoms with Gasteiger partial charge in [-0.1, -0.05) is 5.10 Å². The highest BCUT2D eigenvalue weighted by Gasteiger charge is 2.16. The Kier molecular flexibility index (Phi) is 3.92. The Balaban J connectivity index is 2.22. The van der Waals surface area contributed by atoms with E-state index in [1.165, 1.54) is 0 Å². The van der Waals surface area contributed by atoms with Crippen LogP contribution in [0, 0.1) is 18.6 Å². The first-order valence-electron chi connectivity index (χ1n) is 5.85. The second-order valence-electron chi connectivity index (χ2n) is 3.93. The summed E-state index contributed by atoms with van der Waals surface area (Å²) < 4.78 is 32.3. The van der Waals surface area contributed by atoms with Crippen molar-refractivity contribution in [1.82, 2.24) is 10.2 Å². The van der Waals surface area contributed by atoms with Crippen LogP contribution in [0.25, 0.3) is 0 Å². The zero-order chi connectivity index (χ0) is 14.7. The molecule has 8 heteroatoms. The maximum atomic E-state index is 13.7. The Bertz CT molecular complexity index is 619. The van der Waals surface area contributed by atoms with Crippen molar-refractivity contribution in [2.75, 3.05) is 17.2 Å². The van der Waals surface area contributed by atoms with Gasteiger partial charge in [-0.3, -0.25) is 10.1 Å². The standard InChI is InChI=1S/C12H12F2N4O2/c1-3-15-10-8(13)4-7(5-9(10)14)11(19)16-12-18-17-6(2)20-12/h4-5,15H,3H2,1-2H3,(H,16,18,19). The minimum atomic E-state index is -0.848. The van der Waals surface area contributed by atoms with Crippen LogP contribution in [0.1, 0.15) is 23.2 Å². The molecule has 1 aromatic carbocycles. The summed E-state index contributed by atoms with van der Waals surface area (Å²) in [6.45, 7) is 3.62. The molecule has 1 heterocycles. The van der Waals surface area contributed by atoms with Crippen molar-refractivity contribution >= 4 is 17.6 Å². The summed E-state index contributed by atoms with van der Waals surface area (Å²) in [5.74, 6) is -2.17. The molecule has 20 heavy (non-hydrogen) atoms. The van der Waals surface area contributed by atoms with Crippen molar-refractivity contribution in [2.24, 2.45) is 0 Å². The summed E-state index contributed by atoms with van der Waals surface area (Å²) >= 11 is 0. The third-order valence-electron chi connectivity index (χ3n) is 2.40. The zero-order valence-corrected chi connectivity index (χ0v) is 10.8. The SMILES string of the molecule is CCNc1c(F)cc(C(=O)Nc2nnc(C)o2)cc1F. The summed E-state index contributed by atoms with van der Waals surface area (Å²) in [6, 6.07) is 1.73. The van der Waals surface area contributed by atoms with Crippen molar-refractivity contribution < 1.29 is 18.0 Å². The van der Waals surface area contributed by atoms with Crippen LogP contribution in [-0.2, 0) is 0 Å². The van der Waals surface area contributed by atoms with Crippen LogP contribution in [0.4, 0.5) is 20.5 Å². The summed E-state index contributed by atoms with van der Waals surface area (Å²) in [6.07, 6.45) is 0. The fraction of sp³-hybridized carbons (Fsp3) is 0.250. The molecule has 2 aromatic rings. The molecule has 2 N–H and O–H groups in total. The van der Waals surface area contributed by atoms with E-state index in [0.717, 1.165) is 12.1 Å². The molecular weight excluding hydrogens is 270 g/mol. The molecule has 0 spiro atoms. The Morgan fingerprint density at radius 2 is 1.95 bits per heavy atom. The molecule has 0 fully saturated rings. The Labute approximate surface area is 113 Å². The van der Waals surface area contributed by atoms with E-state index in [0.29, 0.717) is 6.54 Å². The third kappa shape index (κ3) is 2.90. The molecule has 1 amide bonds. The Morgan fingerprint density at radius 3 is 2.45 bits per heavy atom. The molecule has 0 atom stereocenters. The lowest BCUT2D eigenvalue weighted by Gasteiger charge is -2.08. The maximum Gasteiger partial charge on any atom is 0.322 e. The molecule has 0 aliphatic rings. The van der Waals surface area contributed by atoms with Gasteiger partial charge in [0.15, 0.2) is 0 Å². The van der Waals surface area contributed by atoms with Gasteiger partial charge in [0.25, 0.3) is 5.91 Å². The highest BCUT2D eigenvalue weighted by Crippen LogP contribution is 2.21. The van der Waals surface area contributed by atoms with Gasteiger partial charge in [-0.05, 0) is 19.1 Å². The van der Waals surface area contributed by atoms with Gasteiger partial charge in [0.2, 0.25) is 5.89 Å². The van der Waals surface area contributed by atoms with Crippen LogP contribution in [0.2, 0.25) is 0 Å². The van der Waals surface area contributed by atoms with E-state index < -0.39 is 17.5 Å². The van der Waals surface area contributed by atoms with E-state index in [9.17, 15) is 13.6 Å². The first-order valence-corrected chi connectivity index (χ1v) is 5.85. The number of hydrogen-bond acceptors (Lipinski definition) is 5. The van der Waals surface area contributed by atoms with E-state index in [4.69, 9.17) is 4.42 Å². The summed E-state index contributed by atoms with van der Waals surface area (Å²) in [5.41, 5.74) is -0.449. The number of rotatable bonds is 4. The van der Waals surface area contributed by atoms with Crippen molar-refractivity contribution in [3.05, 3.63) is 35.2 Å². The highest BCUT2D eigenvalue weighted by atomic mass is 19.1. The average molecular weight is 282 g/mol. The van der Waals surface area contributed by atoms with Gasteiger partial charge in [-0.2, -0.15) is 0 Å². The topological polar surface area (TPSA) is 80.0 Å². The van der Waals surface area contributed by atoms with E-state index in [2.05, 4.69) is 20.8 Å². The molecule has 0 saturated heterocycles. The number of benzene rings is 1. The van der Waals surface area contributed by atoms with Crippen molar-refractivity contribution in [3.63, 3.8) is 0 Å². The molecule has 0 aliphatic carbocycles. The Morgan fingerprint density at radius 1 is 1.30 bits per heavy atom. The number of anilines is 2. The van der Waals surface area contributed by atoms with E-state index in [-0.39, 0.29) is 23.2 Å². The molecule has 0 bridgehead atoms. The van der Waals surface area contributed by atoms with Gasteiger partial charge in [-0.25, -0.2) is 8.78 Å². The largest absolute Gasteiger partial charge is 0.408 e. The van der Waals surface area contributed by atoms with Gasteiger partial charge in [0.1, 0.15) is 17.3 Å². The fourth-order valence-electron chi connectivity index (χ4n) is 1.57. The van der Waals surface area contributed by atoms with Gasteiger partial charge >= 0.3 is 6.01 Å². The molecule has 106 valence electrons.